The third-order valence-electron chi connectivity index (χ3n) is 4.41. The zero-order valence-corrected chi connectivity index (χ0v) is 18.8. The van der Waals surface area contributed by atoms with Crippen molar-refractivity contribution >= 4 is 39.2 Å². The summed E-state index contributed by atoms with van der Waals surface area (Å²) in [6, 6.07) is 20.8. The van der Waals surface area contributed by atoms with Crippen LogP contribution in [-0.2, 0) is 6.61 Å². The highest BCUT2D eigenvalue weighted by atomic mass is 79.9. The van der Waals surface area contributed by atoms with Crippen LogP contribution in [0.4, 0.5) is 0 Å². The van der Waals surface area contributed by atoms with Crippen molar-refractivity contribution in [1.29, 1.82) is 5.26 Å². The maximum atomic E-state index is 9.62. The molecule has 0 N–H and O–H groups in total. The quantitative estimate of drug-likeness (QED) is 0.274. The van der Waals surface area contributed by atoms with Gasteiger partial charge in [0.2, 0.25) is 0 Å². The van der Waals surface area contributed by atoms with Crippen molar-refractivity contribution in [2.75, 3.05) is 14.2 Å². The van der Waals surface area contributed by atoms with Crippen LogP contribution in [0.5, 0.6) is 17.2 Å². The number of hydrogen-bond acceptors (Lipinski definition) is 4. The summed E-state index contributed by atoms with van der Waals surface area (Å²) < 4.78 is 17.4. The third kappa shape index (κ3) is 5.15. The van der Waals surface area contributed by atoms with Gasteiger partial charge in [0.15, 0.2) is 11.5 Å². The van der Waals surface area contributed by atoms with E-state index < -0.39 is 0 Å². The number of methoxy groups -OCH3 is 2. The Morgan fingerprint density at radius 2 is 1.80 bits per heavy atom. The molecule has 0 spiro atoms. The maximum absolute atomic E-state index is 9.62. The predicted molar refractivity (Wildman–Crippen MR) is 123 cm³/mol. The Morgan fingerprint density at radius 3 is 2.43 bits per heavy atom. The molecule has 0 saturated heterocycles. The van der Waals surface area contributed by atoms with Crippen LogP contribution in [0.25, 0.3) is 11.6 Å². The van der Waals surface area contributed by atoms with Gasteiger partial charge < -0.3 is 14.2 Å². The lowest BCUT2D eigenvalue weighted by Gasteiger charge is -2.14. The minimum Gasteiger partial charge on any atom is -0.497 e. The van der Waals surface area contributed by atoms with Crippen molar-refractivity contribution in [2.24, 2.45) is 0 Å². The van der Waals surface area contributed by atoms with Crippen LogP contribution in [0.2, 0.25) is 5.02 Å². The SMILES string of the molecule is COc1ccc(/C(C#N)=C/c2cc(Br)c(OCc3ccccc3Cl)c(OC)c2)cc1. The highest BCUT2D eigenvalue weighted by Gasteiger charge is 2.13. The van der Waals surface area contributed by atoms with E-state index in [1.165, 1.54) is 0 Å². The van der Waals surface area contributed by atoms with Crippen molar-refractivity contribution in [3.05, 3.63) is 86.8 Å². The standard InChI is InChI=1S/C24H19BrClNO3/c1-28-20-9-7-17(8-10-20)19(14-27)11-16-12-21(25)24(23(13-16)29-2)30-15-18-5-3-4-6-22(18)26/h3-13H,15H2,1-2H3/b19-11+. The molecule has 0 heterocycles. The zero-order chi connectivity index (χ0) is 21.5. The average molecular weight is 485 g/mol. The molecule has 4 nitrogen and oxygen atoms in total. The number of ether oxygens (including phenoxy) is 3. The highest BCUT2D eigenvalue weighted by molar-refractivity contribution is 9.10. The van der Waals surface area contributed by atoms with Gasteiger partial charge in [-0.1, -0.05) is 29.8 Å². The predicted octanol–water partition coefficient (Wildman–Crippen LogP) is 6.76. The van der Waals surface area contributed by atoms with Crippen LogP contribution >= 0.6 is 27.5 Å². The van der Waals surface area contributed by atoms with E-state index >= 15 is 0 Å². The second kappa shape index (κ2) is 10.2. The molecule has 0 aliphatic heterocycles. The van der Waals surface area contributed by atoms with Crippen LogP contribution in [-0.4, -0.2) is 14.2 Å². The highest BCUT2D eigenvalue weighted by Crippen LogP contribution is 2.38. The Hall–Kier alpha value is -2.94. The van der Waals surface area contributed by atoms with E-state index in [9.17, 15) is 5.26 Å². The molecule has 3 rings (SSSR count). The lowest BCUT2D eigenvalue weighted by Crippen LogP contribution is -1.99. The zero-order valence-electron chi connectivity index (χ0n) is 16.5. The summed E-state index contributed by atoms with van der Waals surface area (Å²) in [5, 5.41) is 10.3. The van der Waals surface area contributed by atoms with Gasteiger partial charge in [0, 0.05) is 10.6 Å². The molecule has 0 amide bonds. The minimum absolute atomic E-state index is 0.305. The van der Waals surface area contributed by atoms with Crippen LogP contribution in [0, 0.1) is 11.3 Å². The van der Waals surface area contributed by atoms with Gasteiger partial charge in [-0.2, -0.15) is 5.26 Å². The number of nitrogens with zero attached hydrogens (tertiary/aromatic N) is 1. The van der Waals surface area contributed by atoms with E-state index in [-0.39, 0.29) is 0 Å². The van der Waals surface area contributed by atoms with Crippen LogP contribution in [0.3, 0.4) is 0 Å². The molecule has 0 unspecified atom stereocenters. The van der Waals surface area contributed by atoms with E-state index in [1.807, 2.05) is 60.7 Å². The number of rotatable bonds is 7. The molecule has 3 aromatic carbocycles. The molecule has 30 heavy (non-hydrogen) atoms. The first-order valence-corrected chi connectivity index (χ1v) is 10.2. The van der Waals surface area contributed by atoms with Crippen molar-refractivity contribution in [3.8, 4) is 23.3 Å². The van der Waals surface area contributed by atoms with Gasteiger partial charge in [-0.25, -0.2) is 0 Å². The molecule has 0 saturated carbocycles. The van der Waals surface area contributed by atoms with Crippen molar-refractivity contribution in [2.45, 2.75) is 6.61 Å². The fourth-order valence-corrected chi connectivity index (χ4v) is 3.61. The Bertz CT molecular complexity index is 1100. The first-order valence-electron chi connectivity index (χ1n) is 9.05. The fourth-order valence-electron chi connectivity index (χ4n) is 2.85. The molecule has 0 aliphatic carbocycles. The molecule has 0 aromatic heterocycles. The van der Waals surface area contributed by atoms with Gasteiger partial charge in [-0.3, -0.25) is 0 Å². The smallest absolute Gasteiger partial charge is 0.175 e. The number of hydrogen-bond donors (Lipinski definition) is 0. The molecule has 152 valence electrons. The van der Waals surface area contributed by atoms with E-state index in [2.05, 4.69) is 22.0 Å². The van der Waals surface area contributed by atoms with Crippen LogP contribution in [0.1, 0.15) is 16.7 Å². The topological polar surface area (TPSA) is 51.5 Å². The van der Waals surface area contributed by atoms with Gasteiger partial charge in [0.25, 0.3) is 0 Å². The second-order valence-electron chi connectivity index (χ2n) is 6.31. The summed E-state index contributed by atoms with van der Waals surface area (Å²) in [7, 11) is 3.18. The first kappa shape index (κ1) is 21.8. The van der Waals surface area contributed by atoms with E-state index in [0.717, 1.165) is 22.4 Å². The van der Waals surface area contributed by atoms with Gasteiger partial charge in [0.1, 0.15) is 12.4 Å². The number of allylic oxidation sites excluding steroid dienone is 1. The largest absolute Gasteiger partial charge is 0.497 e. The third-order valence-corrected chi connectivity index (χ3v) is 5.37. The van der Waals surface area contributed by atoms with Gasteiger partial charge in [0.05, 0.1) is 30.3 Å². The molecule has 0 radical (unpaired) electrons. The van der Waals surface area contributed by atoms with Gasteiger partial charge in [-0.15, -0.1) is 0 Å². The molecule has 3 aromatic rings. The average Bonchev–Trinajstić information content (AvgIpc) is 2.77. The van der Waals surface area contributed by atoms with Gasteiger partial charge >= 0.3 is 0 Å². The normalized spacial score (nSPS) is 11.0. The summed E-state index contributed by atoms with van der Waals surface area (Å²) in [5.74, 6) is 1.85. The summed E-state index contributed by atoms with van der Waals surface area (Å²) >= 11 is 9.76. The summed E-state index contributed by atoms with van der Waals surface area (Å²) in [6.45, 7) is 0.305. The van der Waals surface area contributed by atoms with Gasteiger partial charge in [-0.05, 0) is 75.6 Å². The Balaban J connectivity index is 1.89. The molecule has 0 bridgehead atoms. The maximum Gasteiger partial charge on any atom is 0.175 e. The molecule has 0 aliphatic rings. The molecular formula is C24H19BrClNO3. The number of nitriles is 1. The minimum atomic E-state index is 0.305. The lowest BCUT2D eigenvalue weighted by atomic mass is 10.0. The number of benzene rings is 3. The molecule has 0 atom stereocenters. The van der Waals surface area contributed by atoms with Crippen molar-refractivity contribution in [1.82, 2.24) is 0 Å². The van der Waals surface area contributed by atoms with E-state index in [4.69, 9.17) is 25.8 Å². The molecule has 0 fully saturated rings. The van der Waals surface area contributed by atoms with Crippen molar-refractivity contribution < 1.29 is 14.2 Å². The van der Waals surface area contributed by atoms with Crippen LogP contribution in [0.15, 0.2) is 65.1 Å². The fraction of sp³-hybridized carbons (Fsp3) is 0.125. The molecule has 6 heteroatoms. The van der Waals surface area contributed by atoms with Crippen LogP contribution < -0.4 is 14.2 Å². The summed E-state index contributed by atoms with van der Waals surface area (Å²) in [6.07, 6.45) is 1.80. The lowest BCUT2D eigenvalue weighted by molar-refractivity contribution is 0.282. The van der Waals surface area contributed by atoms with E-state index in [1.54, 1.807) is 20.3 Å². The Kier molecular flexibility index (Phi) is 7.40. The second-order valence-corrected chi connectivity index (χ2v) is 7.57. The monoisotopic (exact) mass is 483 g/mol. The van der Waals surface area contributed by atoms with E-state index in [0.29, 0.717) is 33.2 Å². The Labute approximate surface area is 189 Å². The Morgan fingerprint density at radius 1 is 1.07 bits per heavy atom. The summed E-state index contributed by atoms with van der Waals surface area (Å²) in [5.41, 5.74) is 3.00. The first-order chi connectivity index (χ1) is 14.5. The number of halogens is 2. The summed E-state index contributed by atoms with van der Waals surface area (Å²) in [4.78, 5) is 0. The molecular weight excluding hydrogens is 466 g/mol. The van der Waals surface area contributed by atoms with Crippen molar-refractivity contribution in [3.63, 3.8) is 0 Å².